The minimum Gasteiger partial charge on any atom is -0.338 e. The van der Waals surface area contributed by atoms with Gasteiger partial charge >= 0.3 is 0 Å². The Morgan fingerprint density at radius 2 is 1.47 bits per heavy atom. The van der Waals surface area contributed by atoms with Gasteiger partial charge in [-0.1, -0.05) is 109 Å². The molecule has 4 aromatic carbocycles. The third-order valence-corrected chi connectivity index (χ3v) is 12.5. The zero-order valence-electron chi connectivity index (χ0n) is 35.1. The van der Waals surface area contributed by atoms with E-state index in [1.54, 1.807) is 0 Å². The van der Waals surface area contributed by atoms with E-state index in [2.05, 4.69) is 191 Å². The molecule has 4 aromatic rings. The molecule has 0 amide bonds. The van der Waals surface area contributed by atoms with Gasteiger partial charge in [-0.05, 0) is 141 Å². The quantitative estimate of drug-likeness (QED) is 0.0857. The fourth-order valence-electron chi connectivity index (χ4n) is 9.52. The standard InChI is InChI=1S/C54H54BN3/c1-8-10-22-37(4)56(51-32-42-24-15-17-27-45(42)38(51)5)52-33-43(55)34-53(40(52)7)58(49-30-19-16-23-41(49)9-2)54-35-47-46(39(54)6)28-20-31-50(47)57(44-25-12-11-13-26-44)48-29-18-14-21-36(48)3/h2,8,10,12,14-17,19-28,30-31,33-34,37H,1,11,13,18,29,32,35,55H2,3-7H3/b22-10-. The molecule has 3 nitrogen and oxygen atoms in total. The molecule has 0 saturated heterocycles. The van der Waals surface area contributed by atoms with Crippen LogP contribution < -0.4 is 20.2 Å². The van der Waals surface area contributed by atoms with Crippen LogP contribution in [0, 0.1) is 19.3 Å². The van der Waals surface area contributed by atoms with E-state index < -0.39 is 0 Å². The summed E-state index contributed by atoms with van der Waals surface area (Å²) in [5, 5.41) is 0. The average molecular weight is 756 g/mol. The van der Waals surface area contributed by atoms with Crippen molar-refractivity contribution in [3.8, 4) is 12.3 Å². The van der Waals surface area contributed by atoms with E-state index in [0.29, 0.717) is 0 Å². The first kappa shape index (κ1) is 38.7. The normalized spacial score (nSPS) is 16.4. The van der Waals surface area contributed by atoms with E-state index in [4.69, 9.17) is 6.42 Å². The van der Waals surface area contributed by atoms with Gasteiger partial charge in [0.2, 0.25) is 0 Å². The van der Waals surface area contributed by atoms with Gasteiger partial charge in [0, 0.05) is 58.6 Å². The molecule has 4 heteroatoms. The van der Waals surface area contributed by atoms with Crippen LogP contribution in [0.25, 0.3) is 11.1 Å². The lowest BCUT2D eigenvalue weighted by Crippen LogP contribution is -2.33. The maximum Gasteiger partial charge on any atom is 0.139 e. The van der Waals surface area contributed by atoms with Crippen molar-refractivity contribution in [3.05, 3.63) is 196 Å². The number of benzene rings is 4. The van der Waals surface area contributed by atoms with Crippen molar-refractivity contribution in [1.29, 1.82) is 0 Å². The van der Waals surface area contributed by atoms with Crippen LogP contribution in [-0.4, -0.2) is 13.9 Å². The Balaban J connectivity index is 1.31. The third kappa shape index (κ3) is 6.94. The number of hydrogen-bond donors (Lipinski definition) is 0. The Labute approximate surface area is 347 Å². The molecule has 0 radical (unpaired) electrons. The molecular formula is C54H54BN3. The molecule has 0 fully saturated rings. The smallest absolute Gasteiger partial charge is 0.139 e. The van der Waals surface area contributed by atoms with Crippen molar-refractivity contribution in [2.75, 3.05) is 14.7 Å². The number of rotatable bonds is 11. The van der Waals surface area contributed by atoms with Crippen LogP contribution in [0.1, 0.15) is 86.8 Å². The van der Waals surface area contributed by atoms with Gasteiger partial charge in [0.05, 0.1) is 11.4 Å². The summed E-state index contributed by atoms with van der Waals surface area (Å²) in [6, 6.07) is 29.0. The van der Waals surface area contributed by atoms with Crippen LogP contribution in [-0.2, 0) is 12.8 Å². The highest BCUT2D eigenvalue weighted by Gasteiger charge is 2.34. The van der Waals surface area contributed by atoms with Crippen molar-refractivity contribution in [2.45, 2.75) is 79.2 Å². The van der Waals surface area contributed by atoms with Crippen molar-refractivity contribution in [3.63, 3.8) is 0 Å². The third-order valence-electron chi connectivity index (χ3n) is 12.5. The van der Waals surface area contributed by atoms with Crippen LogP contribution in [0.5, 0.6) is 0 Å². The first-order chi connectivity index (χ1) is 28.2. The van der Waals surface area contributed by atoms with Gasteiger partial charge < -0.3 is 14.7 Å². The molecular weight excluding hydrogens is 701 g/mol. The molecule has 288 valence electrons. The molecule has 4 aliphatic rings. The molecule has 0 spiro atoms. The highest BCUT2D eigenvalue weighted by molar-refractivity contribution is 6.33. The summed E-state index contributed by atoms with van der Waals surface area (Å²) in [4.78, 5) is 7.61. The van der Waals surface area contributed by atoms with E-state index in [1.807, 2.05) is 6.08 Å². The zero-order valence-corrected chi connectivity index (χ0v) is 35.1. The molecule has 0 aliphatic heterocycles. The second-order valence-corrected chi connectivity index (χ2v) is 16.1. The van der Waals surface area contributed by atoms with Gasteiger partial charge in [-0.15, -0.1) is 6.42 Å². The summed E-state index contributed by atoms with van der Waals surface area (Å²) in [6.07, 6.45) is 30.1. The van der Waals surface area contributed by atoms with Crippen LogP contribution in [0.15, 0.2) is 162 Å². The molecule has 58 heavy (non-hydrogen) atoms. The van der Waals surface area contributed by atoms with E-state index in [0.717, 1.165) is 55.5 Å². The lowest BCUT2D eigenvalue weighted by Gasteiger charge is -2.37. The number of nitrogens with zero attached hydrogens (tertiary/aromatic N) is 3. The molecule has 1 unspecified atom stereocenters. The van der Waals surface area contributed by atoms with E-state index in [-0.39, 0.29) is 6.04 Å². The van der Waals surface area contributed by atoms with Crippen LogP contribution in [0.4, 0.5) is 22.7 Å². The Bertz CT molecular complexity index is 2580. The molecule has 0 saturated carbocycles. The van der Waals surface area contributed by atoms with Crippen molar-refractivity contribution < 1.29 is 0 Å². The van der Waals surface area contributed by atoms with Gasteiger partial charge in [-0.2, -0.15) is 0 Å². The van der Waals surface area contributed by atoms with E-state index >= 15 is 0 Å². The number of fused-ring (bicyclic) bond motifs is 2. The average Bonchev–Trinajstić information content (AvgIpc) is 3.76. The maximum atomic E-state index is 6.35. The summed E-state index contributed by atoms with van der Waals surface area (Å²) >= 11 is 0. The first-order valence-corrected chi connectivity index (χ1v) is 20.9. The molecule has 4 aliphatic carbocycles. The van der Waals surface area contributed by atoms with Crippen molar-refractivity contribution >= 4 is 47.2 Å². The van der Waals surface area contributed by atoms with E-state index in [9.17, 15) is 0 Å². The van der Waals surface area contributed by atoms with Crippen LogP contribution in [0.2, 0.25) is 0 Å². The summed E-state index contributed by atoms with van der Waals surface area (Å²) in [7, 11) is 2.23. The molecule has 0 heterocycles. The predicted octanol–water partition coefficient (Wildman–Crippen LogP) is 11.9. The van der Waals surface area contributed by atoms with Gasteiger partial charge in [-0.3, -0.25) is 0 Å². The van der Waals surface area contributed by atoms with Gasteiger partial charge in [0.15, 0.2) is 0 Å². The van der Waals surface area contributed by atoms with Crippen LogP contribution >= 0.6 is 0 Å². The van der Waals surface area contributed by atoms with Gasteiger partial charge in [0.1, 0.15) is 7.85 Å². The molecule has 0 aromatic heterocycles. The maximum absolute atomic E-state index is 6.35. The van der Waals surface area contributed by atoms with Gasteiger partial charge in [-0.25, -0.2) is 0 Å². The first-order valence-electron chi connectivity index (χ1n) is 20.9. The Morgan fingerprint density at radius 1 is 0.741 bits per heavy atom. The summed E-state index contributed by atoms with van der Waals surface area (Å²) in [6.45, 7) is 15.4. The second kappa shape index (κ2) is 16.4. The Hall–Kier alpha value is -6.18. The number of para-hydroxylation sites is 1. The Kier molecular flexibility index (Phi) is 10.9. The van der Waals surface area contributed by atoms with Crippen LogP contribution in [0.3, 0.4) is 0 Å². The minimum atomic E-state index is 0.0813. The van der Waals surface area contributed by atoms with Gasteiger partial charge in [0.25, 0.3) is 0 Å². The SMILES string of the molecule is Bc1cc(N(C2=C(C)c3cccc(N(C4=CCCC=C4)C4=C(C)C=CCC4)c3C2)c2ccccc2C#C)c(C)c(N(C2=C(C)c3ccccc3C2)C(C)/C=C\C=C)c1. The predicted molar refractivity (Wildman–Crippen MR) is 253 cm³/mol. The monoisotopic (exact) mass is 755 g/mol. The highest BCUT2D eigenvalue weighted by Crippen LogP contribution is 2.48. The molecule has 8 rings (SSSR count). The molecule has 0 bridgehead atoms. The topological polar surface area (TPSA) is 9.72 Å². The second-order valence-electron chi connectivity index (χ2n) is 16.1. The summed E-state index contributed by atoms with van der Waals surface area (Å²) in [5.41, 5.74) is 22.4. The largest absolute Gasteiger partial charge is 0.338 e. The number of allylic oxidation sites excluding steroid dienone is 13. The molecule has 1 atom stereocenters. The fraction of sp³-hybridized carbons (Fsp3) is 0.222. The van der Waals surface area contributed by atoms with E-state index in [1.165, 1.54) is 84.2 Å². The lowest BCUT2D eigenvalue weighted by molar-refractivity contribution is 0.802. The molecule has 0 N–H and O–H groups in total. The highest BCUT2D eigenvalue weighted by atomic mass is 15.2. The van der Waals surface area contributed by atoms with Crippen molar-refractivity contribution in [1.82, 2.24) is 0 Å². The minimum absolute atomic E-state index is 0.0813. The lowest BCUT2D eigenvalue weighted by atomic mass is 9.91. The summed E-state index contributed by atoms with van der Waals surface area (Å²) in [5.74, 6) is 3.06. The number of anilines is 4. The summed E-state index contributed by atoms with van der Waals surface area (Å²) < 4.78 is 0. The van der Waals surface area contributed by atoms with Crippen molar-refractivity contribution in [2.24, 2.45) is 0 Å². The zero-order chi connectivity index (χ0) is 40.5. The number of terminal acetylenes is 1. The number of hydrogen-bond acceptors (Lipinski definition) is 3. The fourth-order valence-corrected chi connectivity index (χ4v) is 9.52. The Morgan fingerprint density at radius 3 is 2.22 bits per heavy atom.